The summed E-state index contributed by atoms with van der Waals surface area (Å²) in [5.74, 6) is -0.0360. The molecule has 0 radical (unpaired) electrons. The van der Waals surface area contributed by atoms with Gasteiger partial charge in [-0.25, -0.2) is 4.98 Å². The van der Waals surface area contributed by atoms with Crippen molar-refractivity contribution in [3.05, 3.63) is 87.5 Å². The molecule has 0 saturated heterocycles. The third kappa shape index (κ3) is 6.74. The number of hydrogen-bond donors (Lipinski definition) is 1. The zero-order valence-electron chi connectivity index (χ0n) is 24.2. The first-order valence-electron chi connectivity index (χ1n) is 13.6. The highest BCUT2D eigenvalue weighted by molar-refractivity contribution is 8.00. The van der Waals surface area contributed by atoms with Crippen molar-refractivity contribution < 1.29 is 14.6 Å². The molecular weight excluding hydrogens is 572 g/mol. The number of benzene rings is 3. The second-order valence-corrected chi connectivity index (χ2v) is 15.6. The first kappa shape index (κ1) is 29.5. The predicted molar refractivity (Wildman–Crippen MR) is 172 cm³/mol. The summed E-state index contributed by atoms with van der Waals surface area (Å²) in [5.41, 5.74) is 4.34. The van der Waals surface area contributed by atoms with Crippen LogP contribution >= 0.6 is 34.7 Å². The summed E-state index contributed by atoms with van der Waals surface area (Å²) >= 11 is 9.63. The van der Waals surface area contributed by atoms with E-state index in [4.69, 9.17) is 16.3 Å². The van der Waals surface area contributed by atoms with E-state index >= 15 is 0 Å². The van der Waals surface area contributed by atoms with Gasteiger partial charge in [0.2, 0.25) is 0 Å². The lowest BCUT2D eigenvalue weighted by Crippen LogP contribution is -2.28. The number of thioether (sulfide) groups is 1. The molecule has 0 aliphatic rings. The minimum absolute atomic E-state index is 0.0827. The van der Waals surface area contributed by atoms with Gasteiger partial charge in [0.25, 0.3) is 0 Å². The third-order valence-corrected chi connectivity index (χ3v) is 9.36. The monoisotopic (exact) mass is 606 g/mol. The number of carbonyl (C=O) groups is 1. The molecular formula is C33H35ClN2O3S2. The first-order valence-corrected chi connectivity index (χ1v) is 15.6. The fourth-order valence-electron chi connectivity index (χ4n) is 4.83. The lowest BCUT2D eigenvalue weighted by molar-refractivity contribution is -0.146. The van der Waals surface area contributed by atoms with E-state index < -0.39 is 11.4 Å². The number of aromatic nitrogens is 2. The maximum Gasteiger partial charge on any atom is 0.309 e. The number of aliphatic carboxylic acids is 1. The van der Waals surface area contributed by atoms with Crippen molar-refractivity contribution in [1.82, 2.24) is 9.55 Å². The molecule has 0 bridgehead atoms. The number of carboxylic acids is 1. The number of carboxylic acid groups (broad SMARTS) is 1. The van der Waals surface area contributed by atoms with E-state index in [1.165, 1.54) is 0 Å². The molecule has 0 saturated carbocycles. The van der Waals surface area contributed by atoms with Crippen molar-refractivity contribution in [2.45, 2.75) is 70.8 Å². The van der Waals surface area contributed by atoms with Crippen LogP contribution in [0.5, 0.6) is 5.75 Å². The van der Waals surface area contributed by atoms with Crippen LogP contribution in [0.2, 0.25) is 5.02 Å². The lowest BCUT2D eigenvalue weighted by atomic mass is 9.88. The van der Waals surface area contributed by atoms with Crippen molar-refractivity contribution in [3.63, 3.8) is 0 Å². The largest absolute Gasteiger partial charge is 0.489 e. The van der Waals surface area contributed by atoms with Crippen molar-refractivity contribution in [2.24, 2.45) is 5.41 Å². The van der Waals surface area contributed by atoms with Gasteiger partial charge in [-0.2, -0.15) is 0 Å². The van der Waals surface area contributed by atoms with E-state index in [1.54, 1.807) is 36.9 Å². The highest BCUT2D eigenvalue weighted by Crippen LogP contribution is 2.44. The SMILES string of the molecule is Cc1nc2ccc(COc3ccc4c(c3)c(SC(C)(C)C)c(CC(C)(C)C(=O)O)n4Cc3ccc(Cl)cc3)cc2s1. The van der Waals surface area contributed by atoms with Crippen molar-refractivity contribution >= 4 is 61.8 Å². The van der Waals surface area contributed by atoms with Gasteiger partial charge in [-0.1, -0.05) is 50.6 Å². The standard InChI is InChI=1S/C33H35ClN2O3S2/c1-20-35-26-13-9-22(15-29(26)40-20)19-39-24-12-14-27-25(16-24)30(41-32(2,3)4)28(17-33(5,6)31(37)38)36(27)18-21-7-10-23(34)11-8-21/h7-16H,17-19H2,1-6H3,(H,37,38). The van der Waals surface area contributed by atoms with Crippen LogP contribution < -0.4 is 4.74 Å². The van der Waals surface area contributed by atoms with Crippen LogP contribution in [-0.2, 0) is 24.4 Å². The second kappa shape index (κ2) is 11.3. The Hall–Kier alpha value is -3.00. The number of rotatable bonds is 9. The van der Waals surface area contributed by atoms with Gasteiger partial charge < -0.3 is 14.4 Å². The predicted octanol–water partition coefficient (Wildman–Crippen LogP) is 9.38. The molecule has 0 aliphatic heterocycles. The van der Waals surface area contributed by atoms with Crippen LogP contribution in [0.15, 0.2) is 65.6 Å². The molecule has 0 atom stereocenters. The van der Waals surface area contributed by atoms with Crippen LogP contribution in [0.3, 0.4) is 0 Å². The number of fused-ring (bicyclic) bond motifs is 2. The maximum absolute atomic E-state index is 12.2. The van der Waals surface area contributed by atoms with Crippen LogP contribution in [0, 0.1) is 12.3 Å². The summed E-state index contributed by atoms with van der Waals surface area (Å²) in [6.45, 7) is 13.2. The molecule has 0 fully saturated rings. The number of nitrogens with zero attached hydrogens (tertiary/aromatic N) is 2. The molecule has 0 unspecified atom stereocenters. The van der Waals surface area contributed by atoms with Crippen molar-refractivity contribution in [2.75, 3.05) is 0 Å². The van der Waals surface area contributed by atoms with Gasteiger partial charge in [0, 0.05) is 44.2 Å². The summed E-state index contributed by atoms with van der Waals surface area (Å²) in [7, 11) is 0. The molecule has 5 nitrogen and oxygen atoms in total. The summed E-state index contributed by atoms with van der Waals surface area (Å²) < 4.78 is 9.66. The second-order valence-electron chi connectivity index (χ2n) is 12.1. The Kier molecular flexibility index (Phi) is 8.16. The summed E-state index contributed by atoms with van der Waals surface area (Å²) in [4.78, 5) is 17.9. The molecule has 8 heteroatoms. The fraction of sp³-hybridized carbons (Fsp3) is 0.333. The number of ether oxygens (including phenoxy) is 1. The van der Waals surface area contributed by atoms with Gasteiger partial charge in [-0.15, -0.1) is 23.1 Å². The lowest BCUT2D eigenvalue weighted by Gasteiger charge is -2.24. The van der Waals surface area contributed by atoms with Crippen molar-refractivity contribution in [1.29, 1.82) is 0 Å². The van der Waals surface area contributed by atoms with Gasteiger partial charge in [0.15, 0.2) is 0 Å². The molecule has 1 N–H and O–H groups in total. The minimum atomic E-state index is -0.938. The number of aryl methyl sites for hydroxylation is 1. The minimum Gasteiger partial charge on any atom is -0.489 e. The first-order chi connectivity index (χ1) is 19.3. The smallest absolute Gasteiger partial charge is 0.309 e. The van der Waals surface area contributed by atoms with Crippen LogP contribution in [0.25, 0.3) is 21.1 Å². The highest BCUT2D eigenvalue weighted by atomic mass is 35.5. The molecule has 41 heavy (non-hydrogen) atoms. The topological polar surface area (TPSA) is 64.3 Å². The molecule has 0 amide bonds. The normalized spacial score (nSPS) is 12.4. The van der Waals surface area contributed by atoms with Crippen LogP contribution in [0.1, 0.15) is 56.4 Å². The van der Waals surface area contributed by atoms with Gasteiger partial charge in [0.05, 0.1) is 20.6 Å². The Bertz CT molecular complexity index is 1730. The highest BCUT2D eigenvalue weighted by Gasteiger charge is 2.32. The Balaban J connectivity index is 1.58. The summed E-state index contributed by atoms with van der Waals surface area (Å²) in [5, 5.41) is 12.9. The van der Waals surface area contributed by atoms with Crippen LogP contribution in [-0.4, -0.2) is 25.4 Å². The Labute approximate surface area is 254 Å². The molecule has 214 valence electrons. The molecule has 3 aromatic carbocycles. The van der Waals surface area contributed by atoms with Gasteiger partial charge >= 0.3 is 5.97 Å². The van der Waals surface area contributed by atoms with E-state index in [0.717, 1.165) is 53.6 Å². The molecule has 5 aromatic rings. The maximum atomic E-state index is 12.2. The Morgan fingerprint density at radius 3 is 2.41 bits per heavy atom. The van der Waals surface area contributed by atoms with E-state index in [1.807, 2.05) is 43.3 Å². The third-order valence-electron chi connectivity index (χ3n) is 6.91. The van der Waals surface area contributed by atoms with Gasteiger partial charge in [-0.3, -0.25) is 4.79 Å². The zero-order valence-corrected chi connectivity index (χ0v) is 26.6. The van der Waals surface area contributed by atoms with Gasteiger partial charge in [0.1, 0.15) is 12.4 Å². The van der Waals surface area contributed by atoms with E-state index in [9.17, 15) is 9.90 Å². The Morgan fingerprint density at radius 1 is 1.02 bits per heavy atom. The zero-order chi connectivity index (χ0) is 29.5. The molecule has 0 spiro atoms. The summed E-state index contributed by atoms with van der Waals surface area (Å²) in [6, 6.07) is 20.3. The number of halogens is 1. The van der Waals surface area contributed by atoms with Crippen LogP contribution in [0.4, 0.5) is 0 Å². The molecule has 2 heterocycles. The van der Waals surface area contributed by atoms with E-state index in [2.05, 4.69) is 54.6 Å². The average Bonchev–Trinajstić information content (AvgIpc) is 3.39. The summed E-state index contributed by atoms with van der Waals surface area (Å²) in [6.07, 6.45) is 0.396. The van der Waals surface area contributed by atoms with E-state index in [0.29, 0.717) is 24.6 Å². The van der Waals surface area contributed by atoms with Gasteiger partial charge in [-0.05, 0) is 74.4 Å². The van der Waals surface area contributed by atoms with E-state index in [-0.39, 0.29) is 4.75 Å². The molecule has 2 aromatic heterocycles. The molecule has 0 aliphatic carbocycles. The Morgan fingerprint density at radius 2 is 1.73 bits per heavy atom. The fourth-order valence-corrected chi connectivity index (χ4v) is 7.03. The number of thiazole rings is 1. The quantitative estimate of drug-likeness (QED) is 0.169. The number of hydrogen-bond acceptors (Lipinski definition) is 5. The van der Waals surface area contributed by atoms with Crippen molar-refractivity contribution in [3.8, 4) is 5.75 Å². The molecule has 5 rings (SSSR count). The average molecular weight is 607 g/mol.